The molecule has 1 fully saturated rings. The van der Waals surface area contributed by atoms with E-state index in [0.29, 0.717) is 6.54 Å². The van der Waals surface area contributed by atoms with Gasteiger partial charge in [-0.2, -0.15) is 0 Å². The first-order valence-electron chi connectivity index (χ1n) is 8.76. The summed E-state index contributed by atoms with van der Waals surface area (Å²) in [5.74, 6) is 0.531. The normalized spacial score (nSPS) is 15.0. The summed E-state index contributed by atoms with van der Waals surface area (Å²) in [6.07, 6.45) is 0. The summed E-state index contributed by atoms with van der Waals surface area (Å²) in [7, 11) is 1.72. The average molecular weight is 371 g/mol. The van der Waals surface area contributed by atoms with E-state index in [2.05, 4.69) is 20.1 Å². The van der Waals surface area contributed by atoms with Gasteiger partial charge in [0.15, 0.2) is 5.96 Å². The highest BCUT2D eigenvalue weighted by atomic mass is 19.1. The lowest BCUT2D eigenvalue weighted by Crippen LogP contribution is -2.52. The molecule has 142 valence electrons. The fraction of sp³-hybridized carbons (Fsp3) is 0.316. The highest BCUT2D eigenvalue weighted by molar-refractivity contribution is 5.80. The molecule has 0 spiro atoms. The van der Waals surface area contributed by atoms with Crippen molar-refractivity contribution < 1.29 is 9.31 Å². The van der Waals surface area contributed by atoms with E-state index in [1.54, 1.807) is 31.3 Å². The Labute approximate surface area is 157 Å². The molecule has 0 atom stereocenters. The molecule has 2 aromatic carbocycles. The van der Waals surface area contributed by atoms with E-state index in [4.69, 9.17) is 0 Å². The van der Waals surface area contributed by atoms with Crippen molar-refractivity contribution in [3.63, 3.8) is 0 Å². The number of halogens is 1. The lowest BCUT2D eigenvalue weighted by atomic mass is 10.2. The lowest BCUT2D eigenvalue weighted by Gasteiger charge is -2.37. The van der Waals surface area contributed by atoms with Gasteiger partial charge >= 0.3 is 0 Å². The van der Waals surface area contributed by atoms with E-state index < -0.39 is 4.92 Å². The molecular formula is C19H22FN5O2. The van der Waals surface area contributed by atoms with Gasteiger partial charge in [-0.3, -0.25) is 15.1 Å². The van der Waals surface area contributed by atoms with Gasteiger partial charge in [-0.25, -0.2) is 4.39 Å². The standard InChI is InChI=1S/C19H22FN5O2/c1-21-19(22-14-15-3-2-4-18(13-15)25(26)27)24-11-9-23(10-12-24)17-7-5-16(20)6-8-17/h2-8,13H,9-12,14H2,1H3,(H,21,22). The number of anilines is 1. The van der Waals surface area contributed by atoms with Crippen molar-refractivity contribution in [2.75, 3.05) is 38.1 Å². The maximum absolute atomic E-state index is 13.1. The van der Waals surface area contributed by atoms with Gasteiger partial charge in [0.05, 0.1) is 4.92 Å². The molecule has 8 heteroatoms. The number of piperazine rings is 1. The van der Waals surface area contributed by atoms with Crippen LogP contribution in [0.4, 0.5) is 15.8 Å². The van der Waals surface area contributed by atoms with Gasteiger partial charge in [-0.05, 0) is 29.8 Å². The second kappa shape index (κ2) is 8.48. The van der Waals surface area contributed by atoms with E-state index in [0.717, 1.165) is 43.4 Å². The smallest absolute Gasteiger partial charge is 0.269 e. The van der Waals surface area contributed by atoms with Crippen LogP contribution >= 0.6 is 0 Å². The summed E-state index contributed by atoms with van der Waals surface area (Å²) in [6, 6.07) is 13.1. The third kappa shape index (κ3) is 4.72. The van der Waals surface area contributed by atoms with Crippen LogP contribution in [0.25, 0.3) is 0 Å². The minimum absolute atomic E-state index is 0.0807. The van der Waals surface area contributed by atoms with Crippen LogP contribution in [0, 0.1) is 15.9 Å². The van der Waals surface area contributed by atoms with E-state index in [1.165, 1.54) is 18.2 Å². The molecule has 27 heavy (non-hydrogen) atoms. The van der Waals surface area contributed by atoms with E-state index in [-0.39, 0.29) is 11.5 Å². The number of benzene rings is 2. The second-order valence-electron chi connectivity index (χ2n) is 6.28. The molecule has 0 bridgehead atoms. The Kier molecular flexibility index (Phi) is 5.85. The molecule has 1 N–H and O–H groups in total. The third-order valence-electron chi connectivity index (χ3n) is 4.55. The zero-order chi connectivity index (χ0) is 19.2. The Balaban J connectivity index is 1.55. The molecule has 3 rings (SSSR count). The number of nitrogens with zero attached hydrogens (tertiary/aromatic N) is 4. The number of rotatable bonds is 4. The van der Waals surface area contributed by atoms with E-state index in [9.17, 15) is 14.5 Å². The van der Waals surface area contributed by atoms with Gasteiger partial charge in [-0.1, -0.05) is 12.1 Å². The summed E-state index contributed by atoms with van der Waals surface area (Å²) >= 11 is 0. The van der Waals surface area contributed by atoms with Crippen molar-refractivity contribution in [3.8, 4) is 0 Å². The third-order valence-corrected chi connectivity index (χ3v) is 4.55. The molecule has 0 aliphatic carbocycles. The lowest BCUT2D eigenvalue weighted by molar-refractivity contribution is -0.384. The van der Waals surface area contributed by atoms with Crippen LogP contribution < -0.4 is 10.2 Å². The number of nitro benzene ring substituents is 1. The summed E-state index contributed by atoms with van der Waals surface area (Å²) < 4.78 is 13.1. The molecule has 0 amide bonds. The number of nitrogens with one attached hydrogen (secondary N) is 1. The first kappa shape index (κ1) is 18.6. The van der Waals surface area contributed by atoms with Crippen LogP contribution in [-0.2, 0) is 6.54 Å². The maximum atomic E-state index is 13.1. The van der Waals surface area contributed by atoms with Crippen LogP contribution in [0.15, 0.2) is 53.5 Å². The summed E-state index contributed by atoms with van der Waals surface area (Å²) in [6.45, 7) is 3.65. The van der Waals surface area contributed by atoms with Crippen LogP contribution in [0.5, 0.6) is 0 Å². The maximum Gasteiger partial charge on any atom is 0.269 e. The Morgan fingerprint density at radius 2 is 1.89 bits per heavy atom. The fourth-order valence-electron chi connectivity index (χ4n) is 3.12. The Morgan fingerprint density at radius 1 is 1.19 bits per heavy atom. The summed E-state index contributed by atoms with van der Waals surface area (Å²) in [5.41, 5.74) is 1.92. The molecule has 0 aromatic heterocycles. The molecular weight excluding hydrogens is 349 g/mol. The predicted molar refractivity (Wildman–Crippen MR) is 103 cm³/mol. The highest BCUT2D eigenvalue weighted by Gasteiger charge is 2.20. The minimum Gasteiger partial charge on any atom is -0.368 e. The highest BCUT2D eigenvalue weighted by Crippen LogP contribution is 2.17. The van der Waals surface area contributed by atoms with Crippen molar-refractivity contribution in [1.82, 2.24) is 10.2 Å². The fourth-order valence-corrected chi connectivity index (χ4v) is 3.12. The average Bonchev–Trinajstić information content (AvgIpc) is 2.70. The number of hydrogen-bond donors (Lipinski definition) is 1. The molecule has 0 saturated carbocycles. The summed E-state index contributed by atoms with van der Waals surface area (Å²) in [4.78, 5) is 19.2. The first-order chi connectivity index (χ1) is 13.1. The molecule has 7 nitrogen and oxygen atoms in total. The van der Waals surface area contributed by atoms with Crippen LogP contribution in [0.1, 0.15) is 5.56 Å². The molecule has 0 radical (unpaired) electrons. The molecule has 0 unspecified atom stereocenters. The van der Waals surface area contributed by atoms with Gasteiger partial charge in [0.1, 0.15) is 5.82 Å². The summed E-state index contributed by atoms with van der Waals surface area (Å²) in [5, 5.41) is 14.2. The zero-order valence-corrected chi connectivity index (χ0v) is 15.1. The number of nitro groups is 1. The molecule has 2 aromatic rings. The zero-order valence-electron chi connectivity index (χ0n) is 15.1. The Morgan fingerprint density at radius 3 is 2.52 bits per heavy atom. The number of hydrogen-bond acceptors (Lipinski definition) is 4. The van der Waals surface area contributed by atoms with Crippen molar-refractivity contribution in [2.24, 2.45) is 4.99 Å². The van der Waals surface area contributed by atoms with Gasteiger partial charge in [0.2, 0.25) is 0 Å². The van der Waals surface area contributed by atoms with Gasteiger partial charge in [-0.15, -0.1) is 0 Å². The quantitative estimate of drug-likeness (QED) is 0.387. The number of non-ortho nitro benzene ring substituents is 1. The van der Waals surface area contributed by atoms with Crippen molar-refractivity contribution >= 4 is 17.3 Å². The largest absolute Gasteiger partial charge is 0.368 e. The number of guanidine groups is 1. The van der Waals surface area contributed by atoms with Crippen molar-refractivity contribution in [3.05, 3.63) is 70.0 Å². The van der Waals surface area contributed by atoms with Crippen LogP contribution in [-0.4, -0.2) is 49.0 Å². The van der Waals surface area contributed by atoms with Gasteiger partial charge < -0.3 is 15.1 Å². The molecule has 1 saturated heterocycles. The van der Waals surface area contributed by atoms with Crippen LogP contribution in [0.3, 0.4) is 0 Å². The second-order valence-corrected chi connectivity index (χ2v) is 6.28. The Hall–Kier alpha value is -3.16. The van der Waals surface area contributed by atoms with Gasteiger partial charge in [0, 0.05) is 57.6 Å². The van der Waals surface area contributed by atoms with Crippen LogP contribution in [0.2, 0.25) is 0 Å². The molecule has 1 aliphatic rings. The Bertz CT molecular complexity index is 817. The van der Waals surface area contributed by atoms with E-state index in [1.807, 2.05) is 6.07 Å². The van der Waals surface area contributed by atoms with Crippen molar-refractivity contribution in [2.45, 2.75) is 6.54 Å². The minimum atomic E-state index is -0.396. The monoisotopic (exact) mass is 371 g/mol. The predicted octanol–water partition coefficient (Wildman–Crippen LogP) is 2.63. The number of aliphatic imine (C=N–C) groups is 1. The molecule has 1 heterocycles. The molecule has 1 aliphatic heterocycles. The van der Waals surface area contributed by atoms with E-state index >= 15 is 0 Å². The van der Waals surface area contributed by atoms with Crippen molar-refractivity contribution in [1.29, 1.82) is 0 Å². The SMILES string of the molecule is CN=C(NCc1cccc([N+](=O)[O-])c1)N1CCN(c2ccc(F)cc2)CC1. The first-order valence-corrected chi connectivity index (χ1v) is 8.76. The van der Waals surface area contributed by atoms with Gasteiger partial charge in [0.25, 0.3) is 5.69 Å². The topological polar surface area (TPSA) is 74.0 Å².